The molecule has 0 saturated carbocycles. The smallest absolute Gasteiger partial charge is 0.309 e. The van der Waals surface area contributed by atoms with Crippen molar-refractivity contribution in [2.45, 2.75) is 12.5 Å². The maximum Gasteiger partial charge on any atom is 0.309 e. The lowest BCUT2D eigenvalue weighted by Crippen LogP contribution is -2.27. The summed E-state index contributed by atoms with van der Waals surface area (Å²) in [6.45, 7) is 0. The molecule has 0 bridgehead atoms. The molecule has 1 aliphatic heterocycles. The van der Waals surface area contributed by atoms with Crippen molar-refractivity contribution in [3.63, 3.8) is 0 Å². The van der Waals surface area contributed by atoms with Gasteiger partial charge in [0.1, 0.15) is 0 Å². The third kappa shape index (κ3) is 2.51. The Morgan fingerprint density at radius 2 is 2.05 bits per heavy atom. The molecule has 21 heavy (non-hydrogen) atoms. The quantitative estimate of drug-likeness (QED) is 0.919. The fourth-order valence-electron chi connectivity index (χ4n) is 2.65. The molecular weight excluding hydrogens is 298 g/mol. The van der Waals surface area contributed by atoms with Crippen LogP contribution in [0.3, 0.4) is 0 Å². The normalized spacial score (nSPS) is 21.5. The predicted molar refractivity (Wildman–Crippen MR) is 75.8 cm³/mol. The number of aliphatic carboxylic acids is 1. The molecule has 1 heterocycles. The van der Waals surface area contributed by atoms with E-state index in [0.717, 1.165) is 0 Å². The average molecular weight is 314 g/mol. The van der Waals surface area contributed by atoms with Gasteiger partial charge >= 0.3 is 5.97 Å². The molecule has 7 heteroatoms. The zero-order valence-electron chi connectivity index (χ0n) is 11.9. The van der Waals surface area contributed by atoms with Crippen LogP contribution in [-0.4, -0.2) is 43.2 Å². The van der Waals surface area contributed by atoms with Gasteiger partial charge in [0, 0.05) is 13.5 Å². The predicted octanol–water partition coefficient (Wildman–Crippen LogP) is 1.96. The van der Waals surface area contributed by atoms with E-state index in [2.05, 4.69) is 0 Å². The van der Waals surface area contributed by atoms with Gasteiger partial charge in [-0.15, -0.1) is 0 Å². The molecule has 0 spiro atoms. The van der Waals surface area contributed by atoms with Gasteiger partial charge < -0.3 is 19.5 Å². The Kier molecular flexibility index (Phi) is 4.27. The standard InChI is InChI=1S/C14H16ClNO5/c1-16-10(17)6-8(14(18)19)12(16)7-4-5-9(20-2)13(21-3)11(7)15/h4-5,8,12H,6H2,1-3H3,(H,18,19). The Hall–Kier alpha value is -1.95. The highest BCUT2D eigenvalue weighted by atomic mass is 35.5. The van der Waals surface area contributed by atoms with Crippen LogP contribution in [0.4, 0.5) is 0 Å². The van der Waals surface area contributed by atoms with Crippen LogP contribution in [0.2, 0.25) is 5.02 Å². The number of halogens is 1. The van der Waals surface area contributed by atoms with Crippen molar-refractivity contribution in [1.82, 2.24) is 4.90 Å². The Bertz CT molecular complexity index is 589. The van der Waals surface area contributed by atoms with Gasteiger partial charge in [0.25, 0.3) is 0 Å². The molecule has 0 radical (unpaired) electrons. The van der Waals surface area contributed by atoms with E-state index in [-0.39, 0.29) is 17.4 Å². The number of carboxylic acid groups (broad SMARTS) is 1. The number of nitrogens with zero attached hydrogens (tertiary/aromatic N) is 1. The first kappa shape index (κ1) is 15.4. The fraction of sp³-hybridized carbons (Fsp3) is 0.429. The Morgan fingerprint density at radius 3 is 2.57 bits per heavy atom. The van der Waals surface area contributed by atoms with Crippen LogP contribution < -0.4 is 9.47 Å². The number of likely N-dealkylation sites (tertiary alicyclic amines) is 1. The zero-order chi connectivity index (χ0) is 15.7. The number of amides is 1. The molecule has 1 fully saturated rings. The summed E-state index contributed by atoms with van der Waals surface area (Å²) in [6, 6.07) is 2.69. The van der Waals surface area contributed by atoms with E-state index in [1.807, 2.05) is 0 Å². The van der Waals surface area contributed by atoms with Crippen molar-refractivity contribution in [3.8, 4) is 11.5 Å². The molecular formula is C14H16ClNO5. The van der Waals surface area contributed by atoms with E-state index < -0.39 is 17.9 Å². The number of rotatable bonds is 4. The first-order valence-electron chi connectivity index (χ1n) is 6.31. The molecule has 1 amide bonds. The van der Waals surface area contributed by atoms with Gasteiger partial charge in [-0.05, 0) is 11.6 Å². The minimum Gasteiger partial charge on any atom is -0.493 e. The molecule has 0 aliphatic carbocycles. The van der Waals surface area contributed by atoms with Crippen molar-refractivity contribution < 1.29 is 24.2 Å². The third-order valence-corrected chi connectivity index (χ3v) is 4.13. The van der Waals surface area contributed by atoms with Crippen LogP contribution in [-0.2, 0) is 9.59 Å². The van der Waals surface area contributed by atoms with Crippen LogP contribution in [0, 0.1) is 5.92 Å². The van der Waals surface area contributed by atoms with Crippen LogP contribution in [0.1, 0.15) is 18.0 Å². The lowest BCUT2D eigenvalue weighted by atomic mass is 9.93. The molecule has 1 N–H and O–H groups in total. The number of carbonyl (C=O) groups is 2. The van der Waals surface area contributed by atoms with Crippen molar-refractivity contribution >= 4 is 23.5 Å². The topological polar surface area (TPSA) is 76.1 Å². The molecule has 1 aliphatic rings. The van der Waals surface area contributed by atoms with E-state index in [4.69, 9.17) is 21.1 Å². The number of methoxy groups -OCH3 is 2. The maximum atomic E-state index is 11.8. The SMILES string of the molecule is COc1ccc(C2C(C(=O)O)CC(=O)N2C)c(Cl)c1OC. The first-order valence-corrected chi connectivity index (χ1v) is 6.69. The van der Waals surface area contributed by atoms with E-state index in [1.54, 1.807) is 19.2 Å². The highest BCUT2D eigenvalue weighted by Gasteiger charge is 2.44. The minimum absolute atomic E-state index is 0.0405. The molecule has 114 valence electrons. The zero-order valence-corrected chi connectivity index (χ0v) is 12.7. The fourth-order valence-corrected chi connectivity index (χ4v) is 2.99. The molecule has 1 aromatic rings. The monoisotopic (exact) mass is 313 g/mol. The van der Waals surface area contributed by atoms with Crippen molar-refractivity contribution in [2.75, 3.05) is 21.3 Å². The maximum absolute atomic E-state index is 11.8. The molecule has 1 saturated heterocycles. The summed E-state index contributed by atoms with van der Waals surface area (Å²) in [6.07, 6.45) is -0.0405. The summed E-state index contributed by atoms with van der Waals surface area (Å²) in [5.41, 5.74) is 0.537. The van der Waals surface area contributed by atoms with Crippen LogP contribution in [0.5, 0.6) is 11.5 Å². The van der Waals surface area contributed by atoms with E-state index in [0.29, 0.717) is 17.1 Å². The van der Waals surface area contributed by atoms with E-state index in [9.17, 15) is 14.7 Å². The highest BCUT2D eigenvalue weighted by molar-refractivity contribution is 6.33. The number of carbonyl (C=O) groups excluding carboxylic acids is 1. The van der Waals surface area contributed by atoms with Gasteiger partial charge in [-0.3, -0.25) is 9.59 Å². The number of hydrogen-bond acceptors (Lipinski definition) is 4. The lowest BCUT2D eigenvalue weighted by molar-refractivity contribution is -0.142. The van der Waals surface area contributed by atoms with E-state index >= 15 is 0 Å². The largest absolute Gasteiger partial charge is 0.493 e. The van der Waals surface area contributed by atoms with Crippen molar-refractivity contribution in [1.29, 1.82) is 0 Å². The van der Waals surface area contributed by atoms with Gasteiger partial charge in [-0.2, -0.15) is 0 Å². The molecule has 2 atom stereocenters. The second-order valence-corrected chi connectivity index (χ2v) is 5.18. The average Bonchev–Trinajstić information content (AvgIpc) is 2.75. The molecule has 6 nitrogen and oxygen atoms in total. The Balaban J connectivity index is 2.54. The number of benzene rings is 1. The van der Waals surface area contributed by atoms with Gasteiger partial charge in [-0.1, -0.05) is 17.7 Å². The van der Waals surface area contributed by atoms with E-state index in [1.165, 1.54) is 19.1 Å². The molecule has 2 rings (SSSR count). The first-order chi connectivity index (χ1) is 9.92. The number of ether oxygens (including phenoxy) is 2. The third-order valence-electron chi connectivity index (χ3n) is 3.74. The van der Waals surface area contributed by atoms with Crippen molar-refractivity contribution in [3.05, 3.63) is 22.7 Å². The number of hydrogen-bond donors (Lipinski definition) is 1. The van der Waals surface area contributed by atoms with Crippen LogP contribution in [0.25, 0.3) is 0 Å². The minimum atomic E-state index is -1.02. The Morgan fingerprint density at radius 1 is 1.38 bits per heavy atom. The summed E-state index contributed by atoms with van der Waals surface area (Å²) in [5, 5.41) is 9.58. The summed E-state index contributed by atoms with van der Waals surface area (Å²) >= 11 is 6.32. The van der Waals surface area contributed by atoms with Gasteiger partial charge in [0.2, 0.25) is 5.91 Å². The second-order valence-electron chi connectivity index (χ2n) is 4.80. The van der Waals surface area contributed by atoms with Gasteiger partial charge in [0.05, 0.1) is 31.2 Å². The lowest BCUT2D eigenvalue weighted by Gasteiger charge is -2.25. The van der Waals surface area contributed by atoms with Crippen LogP contribution in [0.15, 0.2) is 12.1 Å². The molecule has 1 aromatic carbocycles. The van der Waals surface area contributed by atoms with Gasteiger partial charge in [0.15, 0.2) is 11.5 Å². The summed E-state index contributed by atoms with van der Waals surface area (Å²) in [7, 11) is 4.51. The molecule has 0 aromatic heterocycles. The van der Waals surface area contributed by atoms with Crippen LogP contribution >= 0.6 is 11.6 Å². The van der Waals surface area contributed by atoms with Crippen molar-refractivity contribution in [2.24, 2.45) is 5.92 Å². The summed E-state index contributed by atoms with van der Waals surface area (Å²) in [4.78, 5) is 24.6. The summed E-state index contributed by atoms with van der Waals surface area (Å²) in [5.74, 6) is -1.31. The van der Waals surface area contributed by atoms with Gasteiger partial charge in [-0.25, -0.2) is 0 Å². The molecule has 2 unspecified atom stereocenters. The second kappa shape index (κ2) is 5.81. The summed E-state index contributed by atoms with van der Waals surface area (Å²) < 4.78 is 10.4. The Labute approximate surface area is 127 Å². The number of carboxylic acids is 1. The highest BCUT2D eigenvalue weighted by Crippen LogP contribution is 2.45.